The predicted molar refractivity (Wildman–Crippen MR) is 119 cm³/mol. The van der Waals surface area contributed by atoms with Gasteiger partial charge in [0.05, 0.1) is 17.1 Å². The highest BCUT2D eigenvalue weighted by Crippen LogP contribution is 2.33. The summed E-state index contributed by atoms with van der Waals surface area (Å²) in [5, 5.41) is 4.74. The van der Waals surface area contributed by atoms with Crippen molar-refractivity contribution in [3.05, 3.63) is 76.1 Å². The van der Waals surface area contributed by atoms with Crippen LogP contribution in [0, 0.1) is 5.82 Å². The summed E-state index contributed by atoms with van der Waals surface area (Å²) >= 11 is 6.26. The summed E-state index contributed by atoms with van der Waals surface area (Å²) < 4.78 is 22.0. The van der Waals surface area contributed by atoms with Gasteiger partial charge in [0.1, 0.15) is 11.9 Å². The molecule has 0 radical (unpaired) electrons. The Balaban J connectivity index is 2.00. The molecule has 0 amide bonds. The molecule has 2 aromatic heterocycles. The van der Waals surface area contributed by atoms with Gasteiger partial charge >= 0.3 is 0 Å². The normalized spacial score (nSPS) is 18.6. The Bertz CT molecular complexity index is 1200. The van der Waals surface area contributed by atoms with Crippen molar-refractivity contribution in [1.82, 2.24) is 14.8 Å². The van der Waals surface area contributed by atoms with E-state index in [2.05, 4.69) is 15.1 Å². The molecule has 4 rings (SSSR count). The first-order valence-corrected chi connectivity index (χ1v) is 10.2. The summed E-state index contributed by atoms with van der Waals surface area (Å²) in [6, 6.07) is 7.97. The van der Waals surface area contributed by atoms with E-state index in [-0.39, 0.29) is 11.6 Å². The van der Waals surface area contributed by atoms with Crippen LogP contribution in [-0.2, 0) is 6.42 Å². The van der Waals surface area contributed by atoms with Crippen LogP contribution < -0.4 is 16.2 Å². The number of aliphatic imine (C=N–C) groups is 1. The number of allylic oxidation sites excluding steroid dienone is 1. The third kappa shape index (κ3) is 3.98. The highest BCUT2D eigenvalue weighted by atomic mass is 35.5. The zero-order chi connectivity index (χ0) is 22.1. The predicted octanol–water partition coefficient (Wildman–Crippen LogP) is 3.99. The number of rotatable bonds is 1. The summed E-state index contributed by atoms with van der Waals surface area (Å²) in [5.74, 6) is 0.211. The molecule has 0 fully saturated rings. The van der Waals surface area contributed by atoms with Gasteiger partial charge in [0.15, 0.2) is 16.7 Å². The van der Waals surface area contributed by atoms with Gasteiger partial charge in [-0.05, 0) is 56.0 Å². The number of nitrogen functional groups attached to an aromatic ring is 1. The molecule has 2 bridgehead atoms. The molecule has 1 aromatic carbocycles. The molecule has 3 heterocycles. The minimum absolute atomic E-state index is 0.225. The maximum Gasteiger partial charge on any atom is 0.166 e. The van der Waals surface area contributed by atoms with E-state index in [1.165, 1.54) is 18.3 Å². The maximum atomic E-state index is 14.2. The molecule has 1 aliphatic heterocycles. The zero-order valence-electron chi connectivity index (χ0n) is 17.1. The van der Waals surface area contributed by atoms with Crippen molar-refractivity contribution in [2.24, 2.45) is 10.7 Å². The van der Waals surface area contributed by atoms with Crippen LogP contribution in [0.15, 0.2) is 53.3 Å². The van der Waals surface area contributed by atoms with E-state index in [0.717, 1.165) is 11.3 Å². The van der Waals surface area contributed by atoms with Gasteiger partial charge in [-0.1, -0.05) is 11.6 Å². The molecule has 7 nitrogen and oxygen atoms in total. The van der Waals surface area contributed by atoms with Gasteiger partial charge in [0, 0.05) is 30.3 Å². The summed E-state index contributed by atoms with van der Waals surface area (Å²) in [5.41, 5.74) is 16.2. The van der Waals surface area contributed by atoms with Crippen molar-refractivity contribution in [3.8, 4) is 11.4 Å². The van der Waals surface area contributed by atoms with Gasteiger partial charge in [-0.25, -0.2) is 14.1 Å². The average Bonchev–Trinajstić information content (AvgIpc) is 3.11. The third-order valence-electron chi connectivity index (χ3n) is 5.06. The molecule has 0 spiro atoms. The second-order valence-electron chi connectivity index (χ2n) is 7.13. The number of fused-ring (bicyclic) bond motifs is 5. The summed E-state index contributed by atoms with van der Waals surface area (Å²) in [6.07, 6.45) is 3.00. The standard InChI is InChI=1S/C22H22ClFN6O/c1-3-27-21-13(10-25)6-16-9-20(23)29-30(16)18-5-4-15(24)8-17(18)12(2)31-19-7-14(21)11-28-22(19)26/h4-5,7-12H,3,6,25H2,1-2H3,(H2,26,28)/t12-/m1/s1. The lowest BCUT2D eigenvalue weighted by molar-refractivity contribution is 0.226. The van der Waals surface area contributed by atoms with Crippen LogP contribution in [0.4, 0.5) is 10.2 Å². The van der Waals surface area contributed by atoms with Crippen molar-refractivity contribution < 1.29 is 9.13 Å². The maximum absolute atomic E-state index is 14.2. The van der Waals surface area contributed by atoms with E-state index < -0.39 is 6.10 Å². The minimum atomic E-state index is -0.545. The average molecular weight is 441 g/mol. The third-order valence-corrected chi connectivity index (χ3v) is 5.25. The minimum Gasteiger partial charge on any atom is -0.482 e. The molecular formula is C22H22ClFN6O. The van der Waals surface area contributed by atoms with E-state index >= 15 is 0 Å². The van der Waals surface area contributed by atoms with Gasteiger partial charge in [-0.3, -0.25) is 4.99 Å². The SMILES string of the molecule is CCN=C1C(=CN)Cc2cc(Cl)nn2-c2ccc(F)cc2[C@@H](C)Oc2cc1cnc2N. The highest BCUT2D eigenvalue weighted by molar-refractivity contribution is 6.29. The zero-order valence-corrected chi connectivity index (χ0v) is 17.9. The van der Waals surface area contributed by atoms with Crippen molar-refractivity contribution in [1.29, 1.82) is 0 Å². The van der Waals surface area contributed by atoms with Crippen LogP contribution in [-0.4, -0.2) is 27.0 Å². The van der Waals surface area contributed by atoms with Gasteiger partial charge < -0.3 is 16.2 Å². The van der Waals surface area contributed by atoms with E-state index in [4.69, 9.17) is 27.8 Å². The summed E-state index contributed by atoms with van der Waals surface area (Å²) in [7, 11) is 0. The smallest absolute Gasteiger partial charge is 0.166 e. The van der Waals surface area contributed by atoms with Crippen LogP contribution in [0.3, 0.4) is 0 Å². The fourth-order valence-electron chi connectivity index (χ4n) is 3.65. The lowest BCUT2D eigenvalue weighted by Crippen LogP contribution is -2.17. The fourth-order valence-corrected chi connectivity index (χ4v) is 3.85. The Morgan fingerprint density at radius 2 is 2.16 bits per heavy atom. The number of halogens is 2. The molecule has 1 atom stereocenters. The molecule has 1 aliphatic rings. The first-order chi connectivity index (χ1) is 14.9. The second-order valence-corrected chi connectivity index (χ2v) is 7.52. The van der Waals surface area contributed by atoms with Crippen LogP contribution in [0.5, 0.6) is 5.75 Å². The number of hydrogen-bond donors (Lipinski definition) is 2. The number of benzene rings is 1. The Morgan fingerprint density at radius 1 is 1.35 bits per heavy atom. The molecule has 160 valence electrons. The topological polar surface area (TPSA) is 104 Å². The van der Waals surface area contributed by atoms with Crippen molar-refractivity contribution in [2.75, 3.05) is 12.3 Å². The molecule has 0 unspecified atom stereocenters. The number of pyridine rings is 1. The fraction of sp³-hybridized carbons (Fsp3) is 0.227. The first kappa shape index (κ1) is 20.9. The first-order valence-electron chi connectivity index (χ1n) is 9.83. The molecule has 0 aliphatic carbocycles. The molecule has 4 N–H and O–H groups in total. The molecule has 31 heavy (non-hydrogen) atoms. The van der Waals surface area contributed by atoms with Crippen molar-refractivity contribution >= 4 is 23.1 Å². The van der Waals surface area contributed by atoms with Crippen LogP contribution >= 0.6 is 11.6 Å². The number of nitrogens with zero attached hydrogens (tertiary/aromatic N) is 4. The van der Waals surface area contributed by atoms with Crippen LogP contribution in [0.25, 0.3) is 5.69 Å². The number of ether oxygens (including phenoxy) is 1. The number of nitrogens with two attached hydrogens (primary N) is 2. The number of anilines is 1. The van der Waals surface area contributed by atoms with Gasteiger partial charge in [0.25, 0.3) is 0 Å². The highest BCUT2D eigenvalue weighted by Gasteiger charge is 2.23. The molecule has 0 saturated heterocycles. The van der Waals surface area contributed by atoms with Gasteiger partial charge in [-0.2, -0.15) is 5.10 Å². The second kappa shape index (κ2) is 8.39. The van der Waals surface area contributed by atoms with Crippen molar-refractivity contribution in [3.63, 3.8) is 0 Å². The van der Waals surface area contributed by atoms with E-state index in [1.807, 2.05) is 13.8 Å². The number of hydrogen-bond acceptors (Lipinski definition) is 6. The lowest BCUT2D eigenvalue weighted by Gasteiger charge is -2.22. The number of aromatic nitrogens is 3. The van der Waals surface area contributed by atoms with E-state index in [0.29, 0.717) is 46.4 Å². The van der Waals surface area contributed by atoms with Gasteiger partial charge in [-0.15, -0.1) is 0 Å². The lowest BCUT2D eigenvalue weighted by atomic mass is 9.99. The van der Waals surface area contributed by atoms with Crippen LogP contribution in [0.1, 0.15) is 36.8 Å². The van der Waals surface area contributed by atoms with Crippen molar-refractivity contribution in [2.45, 2.75) is 26.4 Å². The Morgan fingerprint density at radius 3 is 2.90 bits per heavy atom. The Labute approximate surface area is 184 Å². The molecular weight excluding hydrogens is 419 g/mol. The molecule has 3 aromatic rings. The monoisotopic (exact) mass is 440 g/mol. The Kier molecular flexibility index (Phi) is 5.65. The summed E-state index contributed by atoms with van der Waals surface area (Å²) in [6.45, 7) is 4.30. The summed E-state index contributed by atoms with van der Waals surface area (Å²) in [4.78, 5) is 8.92. The molecule has 0 saturated carbocycles. The van der Waals surface area contributed by atoms with E-state index in [9.17, 15) is 4.39 Å². The largest absolute Gasteiger partial charge is 0.482 e. The van der Waals surface area contributed by atoms with Crippen LogP contribution in [0.2, 0.25) is 5.15 Å². The van der Waals surface area contributed by atoms with E-state index in [1.54, 1.807) is 29.1 Å². The van der Waals surface area contributed by atoms with Gasteiger partial charge in [0.2, 0.25) is 0 Å². The molecule has 9 heteroatoms. The Hall–Kier alpha value is -3.39. The quantitative estimate of drug-likeness (QED) is 0.595.